The summed E-state index contributed by atoms with van der Waals surface area (Å²) in [7, 11) is 0. The van der Waals surface area contributed by atoms with Gasteiger partial charge in [0.2, 0.25) is 5.76 Å². The molecule has 0 saturated carbocycles. The second-order valence-electron chi connectivity index (χ2n) is 4.53. The first kappa shape index (κ1) is 13.3. The van der Waals surface area contributed by atoms with Crippen molar-refractivity contribution in [1.29, 1.82) is 0 Å². The number of hydrogen-bond donors (Lipinski definition) is 1. The second kappa shape index (κ2) is 5.69. The van der Waals surface area contributed by atoms with Gasteiger partial charge in [-0.25, -0.2) is 9.78 Å². The van der Waals surface area contributed by atoms with Crippen LogP contribution in [0.4, 0.5) is 0 Å². The predicted octanol–water partition coefficient (Wildman–Crippen LogP) is 3.03. The number of oxazole rings is 1. The van der Waals surface area contributed by atoms with Gasteiger partial charge in [0.1, 0.15) is 0 Å². The van der Waals surface area contributed by atoms with E-state index in [4.69, 9.17) is 9.52 Å². The van der Waals surface area contributed by atoms with Gasteiger partial charge in [0, 0.05) is 6.42 Å². The number of benzene rings is 1. The van der Waals surface area contributed by atoms with E-state index in [0.717, 1.165) is 6.42 Å². The van der Waals surface area contributed by atoms with E-state index in [1.807, 2.05) is 26.0 Å². The molecule has 0 spiro atoms. The molecule has 0 fully saturated rings. The Balaban J connectivity index is 2.09. The zero-order chi connectivity index (χ0) is 13.8. The summed E-state index contributed by atoms with van der Waals surface area (Å²) in [5, 5.41) is 9.00. The molecule has 4 nitrogen and oxygen atoms in total. The van der Waals surface area contributed by atoms with Crippen LogP contribution >= 0.6 is 0 Å². The van der Waals surface area contributed by atoms with Crippen LogP contribution in [0.1, 0.15) is 40.2 Å². The number of rotatable bonds is 5. The molecule has 1 N–H and O–H groups in total. The first-order valence-electron chi connectivity index (χ1n) is 6.37. The van der Waals surface area contributed by atoms with Crippen molar-refractivity contribution in [3.8, 4) is 0 Å². The normalized spacial score (nSPS) is 10.6. The first-order valence-corrected chi connectivity index (χ1v) is 6.37. The van der Waals surface area contributed by atoms with Gasteiger partial charge < -0.3 is 9.52 Å². The first-order chi connectivity index (χ1) is 9.10. The van der Waals surface area contributed by atoms with E-state index in [-0.39, 0.29) is 5.76 Å². The summed E-state index contributed by atoms with van der Waals surface area (Å²) >= 11 is 0. The molecule has 1 heterocycles. The van der Waals surface area contributed by atoms with E-state index in [0.29, 0.717) is 24.4 Å². The fourth-order valence-electron chi connectivity index (χ4n) is 2.03. The Hall–Kier alpha value is -2.10. The molecule has 0 aliphatic heterocycles. The van der Waals surface area contributed by atoms with Crippen LogP contribution in [0.25, 0.3) is 0 Å². The van der Waals surface area contributed by atoms with Gasteiger partial charge in [0.15, 0.2) is 5.89 Å². The van der Waals surface area contributed by atoms with E-state index < -0.39 is 5.97 Å². The summed E-state index contributed by atoms with van der Waals surface area (Å²) in [6, 6.07) is 8.23. The number of carboxylic acid groups (broad SMARTS) is 1. The molecule has 0 aliphatic carbocycles. The topological polar surface area (TPSA) is 63.3 Å². The van der Waals surface area contributed by atoms with Crippen LogP contribution in [-0.2, 0) is 19.3 Å². The Morgan fingerprint density at radius 3 is 2.74 bits per heavy atom. The smallest absolute Gasteiger partial charge is 0.373 e. The van der Waals surface area contributed by atoms with Gasteiger partial charge in [-0.3, -0.25) is 0 Å². The van der Waals surface area contributed by atoms with Crippen molar-refractivity contribution in [2.45, 2.75) is 33.1 Å². The highest BCUT2D eigenvalue weighted by atomic mass is 16.4. The van der Waals surface area contributed by atoms with Crippen molar-refractivity contribution in [3.05, 3.63) is 52.7 Å². The standard InChI is InChI=1S/C15H17NO3/c1-3-12-14(15(17)18)19-13(16-12)8-7-11-6-4-5-10(2)9-11/h4-6,9H,3,7-8H2,1-2H3,(H,17,18). The number of nitrogens with zero attached hydrogens (tertiary/aromatic N) is 1. The summed E-state index contributed by atoms with van der Waals surface area (Å²) in [5.41, 5.74) is 2.94. The Morgan fingerprint density at radius 1 is 1.37 bits per heavy atom. The Morgan fingerprint density at radius 2 is 2.16 bits per heavy atom. The van der Waals surface area contributed by atoms with Crippen LogP contribution < -0.4 is 0 Å². The van der Waals surface area contributed by atoms with Gasteiger partial charge in [-0.05, 0) is 25.3 Å². The van der Waals surface area contributed by atoms with Crippen molar-refractivity contribution in [3.63, 3.8) is 0 Å². The van der Waals surface area contributed by atoms with Crippen LogP contribution in [0, 0.1) is 6.92 Å². The second-order valence-corrected chi connectivity index (χ2v) is 4.53. The Kier molecular flexibility index (Phi) is 4.00. The molecule has 0 atom stereocenters. The van der Waals surface area contributed by atoms with Crippen molar-refractivity contribution in [2.24, 2.45) is 0 Å². The lowest BCUT2D eigenvalue weighted by Gasteiger charge is -2.00. The predicted molar refractivity (Wildman–Crippen MR) is 71.4 cm³/mol. The molecule has 1 aromatic carbocycles. The molecule has 0 aliphatic rings. The highest BCUT2D eigenvalue weighted by Gasteiger charge is 2.17. The minimum atomic E-state index is -1.05. The zero-order valence-electron chi connectivity index (χ0n) is 11.1. The third-order valence-corrected chi connectivity index (χ3v) is 2.98. The van der Waals surface area contributed by atoms with E-state index in [1.54, 1.807) is 0 Å². The maximum absolute atomic E-state index is 11.0. The summed E-state index contributed by atoms with van der Waals surface area (Å²) in [6.45, 7) is 3.92. The molecule has 2 aromatic rings. The lowest BCUT2D eigenvalue weighted by atomic mass is 10.1. The number of carbonyl (C=O) groups is 1. The van der Waals surface area contributed by atoms with Crippen molar-refractivity contribution in [2.75, 3.05) is 0 Å². The van der Waals surface area contributed by atoms with Crippen LogP contribution in [0.3, 0.4) is 0 Å². The molecule has 100 valence electrons. The van der Waals surface area contributed by atoms with Gasteiger partial charge in [-0.15, -0.1) is 0 Å². The van der Waals surface area contributed by atoms with Crippen LogP contribution in [-0.4, -0.2) is 16.1 Å². The summed E-state index contributed by atoms with van der Waals surface area (Å²) in [5.74, 6) is -0.580. The van der Waals surface area contributed by atoms with Gasteiger partial charge >= 0.3 is 5.97 Å². The van der Waals surface area contributed by atoms with Gasteiger partial charge in [0.25, 0.3) is 0 Å². The van der Waals surface area contributed by atoms with Crippen LogP contribution in [0.15, 0.2) is 28.7 Å². The monoisotopic (exact) mass is 259 g/mol. The van der Waals surface area contributed by atoms with Crippen molar-refractivity contribution in [1.82, 2.24) is 4.98 Å². The third-order valence-electron chi connectivity index (χ3n) is 2.98. The molecule has 0 saturated heterocycles. The lowest BCUT2D eigenvalue weighted by Crippen LogP contribution is -1.98. The van der Waals surface area contributed by atoms with Crippen LogP contribution in [0.2, 0.25) is 0 Å². The van der Waals surface area contributed by atoms with E-state index in [2.05, 4.69) is 17.1 Å². The SMILES string of the molecule is CCc1nc(CCc2cccc(C)c2)oc1C(=O)O. The quantitative estimate of drug-likeness (QED) is 0.896. The number of aryl methyl sites for hydroxylation is 4. The Labute approximate surface area is 112 Å². The molecular formula is C15H17NO3. The fraction of sp³-hybridized carbons (Fsp3) is 0.333. The lowest BCUT2D eigenvalue weighted by molar-refractivity contribution is 0.0659. The maximum Gasteiger partial charge on any atom is 0.373 e. The highest BCUT2D eigenvalue weighted by molar-refractivity contribution is 5.85. The molecule has 1 aromatic heterocycles. The molecular weight excluding hydrogens is 242 g/mol. The summed E-state index contributed by atoms with van der Waals surface area (Å²) in [4.78, 5) is 15.2. The summed E-state index contributed by atoms with van der Waals surface area (Å²) in [6.07, 6.45) is 1.98. The average molecular weight is 259 g/mol. The molecule has 0 radical (unpaired) electrons. The van der Waals surface area contributed by atoms with Crippen LogP contribution in [0.5, 0.6) is 0 Å². The van der Waals surface area contributed by atoms with E-state index in [9.17, 15) is 4.79 Å². The van der Waals surface area contributed by atoms with E-state index >= 15 is 0 Å². The minimum Gasteiger partial charge on any atom is -0.475 e. The van der Waals surface area contributed by atoms with Gasteiger partial charge in [0.05, 0.1) is 5.69 Å². The number of aromatic nitrogens is 1. The maximum atomic E-state index is 11.0. The Bertz CT molecular complexity index is 587. The van der Waals surface area contributed by atoms with Crippen molar-refractivity contribution >= 4 is 5.97 Å². The summed E-state index contributed by atoms with van der Waals surface area (Å²) < 4.78 is 5.31. The fourth-order valence-corrected chi connectivity index (χ4v) is 2.03. The highest BCUT2D eigenvalue weighted by Crippen LogP contribution is 2.14. The largest absolute Gasteiger partial charge is 0.475 e. The van der Waals surface area contributed by atoms with Crippen molar-refractivity contribution < 1.29 is 14.3 Å². The molecule has 4 heteroatoms. The molecule has 0 unspecified atom stereocenters. The van der Waals surface area contributed by atoms with Gasteiger partial charge in [-0.1, -0.05) is 36.8 Å². The number of carboxylic acids is 1. The molecule has 0 amide bonds. The number of hydrogen-bond acceptors (Lipinski definition) is 3. The van der Waals surface area contributed by atoms with E-state index in [1.165, 1.54) is 11.1 Å². The molecule has 19 heavy (non-hydrogen) atoms. The average Bonchev–Trinajstić information content (AvgIpc) is 2.80. The molecule has 2 rings (SSSR count). The third kappa shape index (κ3) is 3.22. The van der Waals surface area contributed by atoms with Gasteiger partial charge in [-0.2, -0.15) is 0 Å². The zero-order valence-corrected chi connectivity index (χ0v) is 11.1. The minimum absolute atomic E-state index is 0.0262. The molecule has 0 bridgehead atoms. The number of aromatic carboxylic acids is 1.